The Kier molecular flexibility index (Phi) is 13.3. The lowest BCUT2D eigenvalue weighted by Crippen LogP contribution is -2.25. The third kappa shape index (κ3) is 14.9. The summed E-state index contributed by atoms with van der Waals surface area (Å²) >= 11 is 0. The van der Waals surface area contributed by atoms with Crippen LogP contribution in [0.4, 0.5) is 0 Å². The van der Waals surface area contributed by atoms with Crippen LogP contribution < -0.4 is 0 Å². The summed E-state index contributed by atoms with van der Waals surface area (Å²) in [7, 11) is -3.47. The molecule has 1 aliphatic rings. The summed E-state index contributed by atoms with van der Waals surface area (Å²) in [5.74, 6) is 3.88. The largest absolute Gasteiger partial charge is 0.748 e. The van der Waals surface area contributed by atoms with E-state index >= 15 is 0 Å². The highest BCUT2D eigenvalue weighted by molar-refractivity contribution is 7.97. The minimum atomic E-state index is -3.94. The predicted molar refractivity (Wildman–Crippen MR) is 94.4 cm³/mol. The van der Waals surface area contributed by atoms with Crippen LogP contribution in [0.2, 0.25) is 0 Å². The molecule has 22 heavy (non-hydrogen) atoms. The van der Waals surface area contributed by atoms with Gasteiger partial charge in [0, 0.05) is 12.2 Å². The number of carbonyl (C=O) groups is 1. The van der Waals surface area contributed by atoms with Crippen LogP contribution in [-0.4, -0.2) is 41.8 Å². The molecule has 1 heterocycles. The Labute approximate surface area is 139 Å². The van der Waals surface area contributed by atoms with Gasteiger partial charge in [-0.25, -0.2) is 8.42 Å². The molecule has 1 fully saturated rings. The Morgan fingerprint density at radius 1 is 1.00 bits per heavy atom. The molecule has 0 atom stereocenters. The summed E-state index contributed by atoms with van der Waals surface area (Å²) in [6.45, 7) is 4.03. The Hall–Kier alpha value is -0.0700. The molecule has 1 rings (SSSR count). The van der Waals surface area contributed by atoms with Crippen molar-refractivity contribution in [3.63, 3.8) is 0 Å². The fraction of sp³-hybridized carbons (Fsp3) is 0.938. The Bertz CT molecular complexity index is 374. The van der Waals surface area contributed by atoms with Crippen LogP contribution in [0.25, 0.3) is 0 Å². The molecule has 0 aromatic carbocycles. The SMILES string of the molecule is CCCCCC(=O)C[S+]1CCCCC1.CCCCS(=O)(=O)[O-]. The van der Waals surface area contributed by atoms with Gasteiger partial charge in [0.15, 0.2) is 11.5 Å². The van der Waals surface area contributed by atoms with E-state index in [4.69, 9.17) is 0 Å². The minimum absolute atomic E-state index is 0.219. The van der Waals surface area contributed by atoms with Crippen LogP contribution >= 0.6 is 0 Å². The molecule has 0 spiro atoms. The molecule has 0 amide bonds. The van der Waals surface area contributed by atoms with E-state index in [1.807, 2.05) is 6.92 Å². The molecule has 0 unspecified atom stereocenters. The Morgan fingerprint density at radius 2 is 1.59 bits per heavy atom. The topological polar surface area (TPSA) is 74.3 Å². The first kappa shape index (κ1) is 21.9. The van der Waals surface area contributed by atoms with Crippen LogP contribution in [0, 0.1) is 0 Å². The van der Waals surface area contributed by atoms with E-state index in [0.29, 0.717) is 23.1 Å². The van der Waals surface area contributed by atoms with Gasteiger partial charge >= 0.3 is 0 Å². The van der Waals surface area contributed by atoms with Crippen LogP contribution in [0.5, 0.6) is 0 Å². The van der Waals surface area contributed by atoms with Crippen molar-refractivity contribution in [2.45, 2.75) is 71.6 Å². The quantitative estimate of drug-likeness (QED) is 0.362. The van der Waals surface area contributed by atoms with Crippen molar-refractivity contribution in [3.05, 3.63) is 0 Å². The number of unbranched alkanes of at least 4 members (excludes halogenated alkanes) is 3. The third-order valence-corrected chi connectivity index (χ3v) is 6.79. The summed E-state index contributed by atoms with van der Waals surface area (Å²) < 4.78 is 29.5. The molecule has 0 aromatic rings. The van der Waals surface area contributed by atoms with E-state index in [0.717, 1.165) is 25.0 Å². The van der Waals surface area contributed by atoms with Gasteiger partial charge in [-0.3, -0.25) is 4.79 Å². The van der Waals surface area contributed by atoms with Crippen LogP contribution in [-0.2, 0) is 25.8 Å². The number of ketones is 1. The molecule has 0 saturated carbocycles. The molecule has 0 aliphatic carbocycles. The van der Waals surface area contributed by atoms with Crippen LogP contribution in [0.1, 0.15) is 71.6 Å². The van der Waals surface area contributed by atoms with Crippen molar-refractivity contribution in [2.75, 3.05) is 23.0 Å². The van der Waals surface area contributed by atoms with Gasteiger partial charge in [0.2, 0.25) is 0 Å². The first-order valence-electron chi connectivity index (χ1n) is 8.48. The molecule has 1 aliphatic heterocycles. The molecule has 6 heteroatoms. The van der Waals surface area contributed by atoms with Crippen molar-refractivity contribution in [1.29, 1.82) is 0 Å². The summed E-state index contributed by atoms with van der Waals surface area (Å²) in [6.07, 6.45) is 9.76. The number of rotatable bonds is 9. The number of Topliss-reactive ketones (excluding diaryl/α,β-unsaturated/α-hetero) is 1. The van der Waals surface area contributed by atoms with Gasteiger partial charge in [-0.15, -0.1) is 0 Å². The summed E-state index contributed by atoms with van der Waals surface area (Å²) in [5, 5.41) is 0. The third-order valence-electron chi connectivity index (χ3n) is 3.54. The lowest BCUT2D eigenvalue weighted by atomic mass is 10.2. The van der Waals surface area contributed by atoms with Crippen molar-refractivity contribution >= 4 is 26.8 Å². The second kappa shape index (κ2) is 13.4. The van der Waals surface area contributed by atoms with E-state index in [-0.39, 0.29) is 5.75 Å². The summed E-state index contributed by atoms with van der Waals surface area (Å²) in [4.78, 5) is 11.6. The maximum absolute atomic E-state index is 11.6. The smallest absolute Gasteiger partial charge is 0.181 e. The Balaban J connectivity index is 0.000000472. The van der Waals surface area contributed by atoms with Gasteiger partial charge in [-0.05, 0) is 43.0 Å². The van der Waals surface area contributed by atoms with Crippen LogP contribution in [0.3, 0.4) is 0 Å². The second-order valence-corrected chi connectivity index (χ2v) is 9.69. The molecule has 4 nitrogen and oxygen atoms in total. The van der Waals surface area contributed by atoms with Gasteiger partial charge in [-0.1, -0.05) is 33.1 Å². The highest BCUT2D eigenvalue weighted by atomic mass is 32.2. The average Bonchev–Trinajstić information content (AvgIpc) is 2.46. The van der Waals surface area contributed by atoms with Gasteiger partial charge in [0.05, 0.1) is 10.1 Å². The van der Waals surface area contributed by atoms with E-state index in [1.165, 1.54) is 43.6 Å². The van der Waals surface area contributed by atoms with E-state index in [9.17, 15) is 17.8 Å². The molecule has 1 saturated heterocycles. The van der Waals surface area contributed by atoms with Crippen LogP contribution in [0.15, 0.2) is 0 Å². The number of hydrogen-bond acceptors (Lipinski definition) is 4. The van der Waals surface area contributed by atoms with Crippen molar-refractivity contribution in [1.82, 2.24) is 0 Å². The Morgan fingerprint density at radius 3 is 2.05 bits per heavy atom. The highest BCUT2D eigenvalue weighted by Crippen LogP contribution is 2.14. The van der Waals surface area contributed by atoms with Gasteiger partial charge < -0.3 is 4.55 Å². The first-order valence-corrected chi connectivity index (χ1v) is 11.8. The summed E-state index contributed by atoms with van der Waals surface area (Å²) in [5.41, 5.74) is 0. The molecular formula is C16H32O4S2. The normalized spacial score (nSPS) is 16.0. The highest BCUT2D eigenvalue weighted by Gasteiger charge is 2.24. The first-order chi connectivity index (χ1) is 10.4. The molecular weight excluding hydrogens is 320 g/mol. The molecule has 0 N–H and O–H groups in total. The maximum atomic E-state index is 11.6. The van der Waals surface area contributed by atoms with Gasteiger partial charge in [0.1, 0.15) is 11.5 Å². The van der Waals surface area contributed by atoms with Gasteiger partial charge in [0.25, 0.3) is 0 Å². The lowest BCUT2D eigenvalue weighted by Gasteiger charge is -2.12. The van der Waals surface area contributed by atoms with Crippen molar-refractivity contribution in [3.8, 4) is 0 Å². The fourth-order valence-corrected chi connectivity index (χ4v) is 5.19. The molecule has 0 radical (unpaired) electrons. The maximum Gasteiger partial charge on any atom is 0.181 e. The molecule has 0 aromatic heterocycles. The minimum Gasteiger partial charge on any atom is -0.748 e. The zero-order chi connectivity index (χ0) is 16.8. The van der Waals surface area contributed by atoms with Crippen molar-refractivity contribution in [2.24, 2.45) is 0 Å². The zero-order valence-electron chi connectivity index (χ0n) is 14.1. The number of hydrogen-bond donors (Lipinski definition) is 0. The second-order valence-electron chi connectivity index (χ2n) is 5.84. The van der Waals surface area contributed by atoms with Crippen molar-refractivity contribution < 1.29 is 17.8 Å². The zero-order valence-corrected chi connectivity index (χ0v) is 15.8. The van der Waals surface area contributed by atoms with E-state index in [1.54, 1.807) is 0 Å². The predicted octanol–water partition coefficient (Wildman–Crippen LogP) is 3.27. The molecule has 132 valence electrons. The van der Waals surface area contributed by atoms with Gasteiger partial charge in [-0.2, -0.15) is 0 Å². The average molecular weight is 353 g/mol. The number of carbonyl (C=O) groups excluding carboxylic acids is 1. The standard InChI is InChI=1S/C12H23OS.C4H10O3S/c1-2-3-5-8-12(13)11-14-9-6-4-7-10-14;1-2-3-4-8(5,6)7/h2-11H2,1H3;2-4H2,1H3,(H,5,6,7)/q+1;/p-1. The fourth-order valence-electron chi connectivity index (χ4n) is 2.23. The van der Waals surface area contributed by atoms with E-state index in [2.05, 4.69) is 6.92 Å². The molecule has 0 bridgehead atoms. The monoisotopic (exact) mass is 352 g/mol. The van der Waals surface area contributed by atoms with E-state index < -0.39 is 10.1 Å². The summed E-state index contributed by atoms with van der Waals surface area (Å²) in [6, 6.07) is 0. The lowest BCUT2D eigenvalue weighted by molar-refractivity contribution is -0.116.